The Morgan fingerprint density at radius 2 is 1.83 bits per heavy atom. The fourth-order valence-corrected chi connectivity index (χ4v) is 2.14. The van der Waals surface area contributed by atoms with E-state index in [9.17, 15) is 14.4 Å². The lowest BCUT2D eigenvalue weighted by Gasteiger charge is -2.09. The van der Waals surface area contributed by atoms with E-state index in [0.717, 1.165) is 9.13 Å². The average molecular weight is 315 g/mol. The molecule has 0 aliphatic carbocycles. The van der Waals surface area contributed by atoms with Crippen LogP contribution in [-0.4, -0.2) is 22.0 Å². The number of benzene rings is 1. The van der Waals surface area contributed by atoms with E-state index in [1.165, 1.54) is 33.4 Å². The van der Waals surface area contributed by atoms with E-state index in [1.807, 2.05) is 0 Å². The Hall–Kier alpha value is -3.09. The monoisotopic (exact) mass is 315 g/mol. The summed E-state index contributed by atoms with van der Waals surface area (Å²) in [7, 11) is 4.22. The van der Waals surface area contributed by atoms with Crippen molar-refractivity contribution in [2.45, 2.75) is 0 Å². The Labute approximate surface area is 132 Å². The van der Waals surface area contributed by atoms with E-state index < -0.39 is 17.0 Å². The smallest absolute Gasteiger partial charge is 0.332 e. The van der Waals surface area contributed by atoms with Crippen LogP contribution >= 0.6 is 0 Å². The molecule has 0 unspecified atom stereocenters. The molecule has 0 aliphatic rings. The van der Waals surface area contributed by atoms with Gasteiger partial charge in [0.25, 0.3) is 5.56 Å². The number of rotatable bonds is 4. The van der Waals surface area contributed by atoms with Crippen molar-refractivity contribution in [3.8, 4) is 5.75 Å². The van der Waals surface area contributed by atoms with E-state index in [4.69, 9.17) is 10.5 Å². The van der Waals surface area contributed by atoms with Crippen molar-refractivity contribution in [3.05, 3.63) is 62.3 Å². The highest BCUT2D eigenvalue weighted by molar-refractivity contribution is 6.09. The number of anilines is 1. The second-order valence-electron chi connectivity index (χ2n) is 4.91. The molecule has 0 radical (unpaired) electrons. The van der Waals surface area contributed by atoms with Crippen molar-refractivity contribution in [2.75, 3.05) is 12.8 Å². The maximum absolute atomic E-state index is 12.3. The molecule has 0 spiro atoms. The van der Waals surface area contributed by atoms with Gasteiger partial charge in [-0.15, -0.1) is 0 Å². The number of nitrogens with two attached hydrogens (primary N) is 1. The summed E-state index contributed by atoms with van der Waals surface area (Å²) in [6.07, 6.45) is 2.76. The van der Waals surface area contributed by atoms with Crippen molar-refractivity contribution >= 4 is 17.7 Å². The molecule has 7 nitrogen and oxygen atoms in total. The van der Waals surface area contributed by atoms with Gasteiger partial charge in [-0.3, -0.25) is 18.7 Å². The zero-order chi connectivity index (χ0) is 17.1. The lowest BCUT2D eigenvalue weighted by atomic mass is 10.1. The molecular weight excluding hydrogens is 298 g/mol. The average Bonchev–Trinajstić information content (AvgIpc) is 2.56. The molecule has 0 amide bonds. The van der Waals surface area contributed by atoms with Crippen molar-refractivity contribution in [1.82, 2.24) is 9.13 Å². The van der Waals surface area contributed by atoms with Crippen molar-refractivity contribution in [2.24, 2.45) is 14.1 Å². The Kier molecular flexibility index (Phi) is 4.49. The van der Waals surface area contributed by atoms with Gasteiger partial charge in [-0.2, -0.15) is 0 Å². The van der Waals surface area contributed by atoms with Gasteiger partial charge in [-0.1, -0.05) is 18.2 Å². The minimum absolute atomic E-state index is 0.159. The molecule has 120 valence electrons. The van der Waals surface area contributed by atoms with Crippen LogP contribution in [0.1, 0.15) is 15.9 Å². The first-order valence-electron chi connectivity index (χ1n) is 6.79. The SMILES string of the molecule is COc1ccccc1C=CC(=O)c1c(N)n(C)c(=O)n(C)c1=O. The predicted molar refractivity (Wildman–Crippen MR) is 87.7 cm³/mol. The summed E-state index contributed by atoms with van der Waals surface area (Å²) >= 11 is 0. The number of aromatic nitrogens is 2. The number of allylic oxidation sites excluding steroid dienone is 1. The summed E-state index contributed by atoms with van der Waals surface area (Å²) in [5.41, 5.74) is 4.89. The van der Waals surface area contributed by atoms with Crippen molar-refractivity contribution in [3.63, 3.8) is 0 Å². The largest absolute Gasteiger partial charge is 0.496 e. The van der Waals surface area contributed by atoms with Gasteiger partial charge in [0.05, 0.1) is 7.11 Å². The Balaban J connectivity index is 2.49. The minimum atomic E-state index is -0.722. The van der Waals surface area contributed by atoms with Gasteiger partial charge in [0.2, 0.25) is 0 Å². The lowest BCUT2D eigenvalue weighted by Crippen LogP contribution is -2.41. The van der Waals surface area contributed by atoms with Gasteiger partial charge in [0, 0.05) is 19.7 Å². The number of carbonyl (C=O) groups excluding carboxylic acids is 1. The first-order valence-corrected chi connectivity index (χ1v) is 6.79. The van der Waals surface area contributed by atoms with E-state index in [0.29, 0.717) is 11.3 Å². The van der Waals surface area contributed by atoms with Crippen LogP contribution in [-0.2, 0) is 14.1 Å². The van der Waals surface area contributed by atoms with E-state index >= 15 is 0 Å². The van der Waals surface area contributed by atoms with Crippen LogP contribution in [0.3, 0.4) is 0 Å². The molecule has 0 atom stereocenters. The standard InChI is InChI=1S/C16H17N3O4/c1-18-14(17)13(15(21)19(2)16(18)22)11(20)9-8-10-6-4-5-7-12(10)23-3/h4-9H,17H2,1-3H3. The molecule has 1 aromatic carbocycles. The van der Waals surface area contributed by atoms with Crippen LogP contribution in [0.5, 0.6) is 5.75 Å². The molecule has 1 heterocycles. The second-order valence-corrected chi connectivity index (χ2v) is 4.91. The van der Waals surface area contributed by atoms with Crippen LogP contribution < -0.4 is 21.7 Å². The number of hydrogen-bond acceptors (Lipinski definition) is 5. The van der Waals surface area contributed by atoms with E-state index in [1.54, 1.807) is 24.3 Å². The van der Waals surface area contributed by atoms with Gasteiger partial charge in [-0.25, -0.2) is 4.79 Å². The van der Waals surface area contributed by atoms with E-state index in [2.05, 4.69) is 0 Å². The Bertz CT molecular complexity index is 907. The molecule has 2 aromatic rings. The molecule has 1 aromatic heterocycles. The maximum Gasteiger partial charge on any atom is 0.332 e. The second kappa shape index (κ2) is 6.35. The number of hydrogen-bond donors (Lipinski definition) is 1. The molecular formula is C16H17N3O4. The summed E-state index contributed by atoms with van der Waals surface area (Å²) < 4.78 is 7.10. The normalized spacial score (nSPS) is 10.9. The molecule has 0 fully saturated rings. The molecule has 0 saturated carbocycles. The third-order valence-corrected chi connectivity index (χ3v) is 3.51. The van der Waals surface area contributed by atoms with Crippen LogP contribution in [0.15, 0.2) is 39.9 Å². The topological polar surface area (TPSA) is 96.3 Å². The van der Waals surface area contributed by atoms with Crippen LogP contribution in [0, 0.1) is 0 Å². The molecule has 0 bridgehead atoms. The number of para-hydroxylation sites is 1. The molecule has 2 N–H and O–H groups in total. The molecule has 23 heavy (non-hydrogen) atoms. The zero-order valence-corrected chi connectivity index (χ0v) is 13.1. The van der Waals surface area contributed by atoms with Gasteiger partial charge in [-0.05, 0) is 18.2 Å². The van der Waals surface area contributed by atoms with Gasteiger partial charge in [0.15, 0.2) is 5.78 Å². The predicted octanol–water partition coefficient (Wildman–Crippen LogP) is 0.571. The summed E-state index contributed by atoms with van der Waals surface area (Å²) in [5, 5.41) is 0. The number of nitrogens with zero attached hydrogens (tertiary/aromatic N) is 2. The third kappa shape index (κ3) is 2.94. The summed E-state index contributed by atoms with van der Waals surface area (Å²) in [4.78, 5) is 36.2. The highest BCUT2D eigenvalue weighted by Gasteiger charge is 2.18. The molecule has 7 heteroatoms. The summed E-state index contributed by atoms with van der Waals surface area (Å²) in [6.45, 7) is 0. The quantitative estimate of drug-likeness (QED) is 0.657. The van der Waals surface area contributed by atoms with Crippen LogP contribution in [0.4, 0.5) is 5.82 Å². The first kappa shape index (κ1) is 16.3. The molecule has 0 saturated heterocycles. The summed E-state index contributed by atoms with van der Waals surface area (Å²) in [6, 6.07) is 7.12. The number of carbonyl (C=O) groups is 1. The van der Waals surface area contributed by atoms with Crippen LogP contribution in [0.25, 0.3) is 6.08 Å². The highest BCUT2D eigenvalue weighted by atomic mass is 16.5. The Morgan fingerprint density at radius 3 is 2.48 bits per heavy atom. The highest BCUT2D eigenvalue weighted by Crippen LogP contribution is 2.19. The zero-order valence-electron chi connectivity index (χ0n) is 13.1. The number of nitrogen functional groups attached to an aromatic ring is 1. The lowest BCUT2D eigenvalue weighted by molar-refractivity contribution is 0.104. The first-order chi connectivity index (χ1) is 10.9. The Morgan fingerprint density at radius 1 is 1.17 bits per heavy atom. The van der Waals surface area contributed by atoms with Gasteiger partial charge in [0.1, 0.15) is 17.1 Å². The van der Waals surface area contributed by atoms with Crippen LogP contribution in [0.2, 0.25) is 0 Å². The minimum Gasteiger partial charge on any atom is -0.496 e. The third-order valence-electron chi connectivity index (χ3n) is 3.51. The fourth-order valence-electron chi connectivity index (χ4n) is 2.14. The molecule has 2 rings (SSSR count). The fraction of sp³-hybridized carbons (Fsp3) is 0.188. The van der Waals surface area contributed by atoms with Gasteiger partial charge < -0.3 is 10.5 Å². The van der Waals surface area contributed by atoms with Crippen molar-refractivity contribution in [1.29, 1.82) is 0 Å². The number of ether oxygens (including phenoxy) is 1. The molecule has 0 aliphatic heterocycles. The van der Waals surface area contributed by atoms with Crippen molar-refractivity contribution < 1.29 is 9.53 Å². The van der Waals surface area contributed by atoms with E-state index in [-0.39, 0.29) is 11.4 Å². The number of ketones is 1. The maximum atomic E-state index is 12.3. The van der Waals surface area contributed by atoms with Gasteiger partial charge >= 0.3 is 5.69 Å². The number of methoxy groups -OCH3 is 1. The summed E-state index contributed by atoms with van der Waals surface area (Å²) in [5.74, 6) is -0.143.